The van der Waals surface area contributed by atoms with Gasteiger partial charge in [0, 0.05) is 0 Å². The smallest absolute Gasteiger partial charge is 0.323 e. The first-order valence-electron chi connectivity index (χ1n) is 2.13. The molecule has 8 heavy (non-hydrogen) atoms. The molecular formula is C5H6NO2+. The van der Waals surface area contributed by atoms with Crippen LogP contribution in [0.3, 0.4) is 0 Å². The van der Waals surface area contributed by atoms with Crippen LogP contribution in [0.15, 0.2) is 0 Å². The molecule has 0 heterocycles. The first-order valence-corrected chi connectivity index (χ1v) is 2.13. The van der Waals surface area contributed by atoms with E-state index in [1.54, 1.807) is 6.07 Å². The van der Waals surface area contributed by atoms with Crippen LogP contribution in [-0.4, -0.2) is 12.6 Å². The summed E-state index contributed by atoms with van der Waals surface area (Å²) in [6.07, 6.45) is -0.185. The van der Waals surface area contributed by atoms with Crippen molar-refractivity contribution in [3.05, 3.63) is 6.92 Å². The highest BCUT2D eigenvalue weighted by Crippen LogP contribution is 1.80. The monoisotopic (exact) mass is 112 g/mol. The Morgan fingerprint density at radius 3 is 2.88 bits per heavy atom. The van der Waals surface area contributed by atoms with Crippen LogP contribution in [0.1, 0.15) is 6.42 Å². The quantitative estimate of drug-likeness (QED) is 0.380. The van der Waals surface area contributed by atoms with Gasteiger partial charge < -0.3 is 4.74 Å². The molecule has 42 valence electrons. The zero-order valence-corrected chi connectivity index (χ0v) is 4.39. The minimum atomic E-state index is -0.512. The summed E-state index contributed by atoms with van der Waals surface area (Å²) in [5.74, 6) is -0.512. The number of hydrogen-bond donors (Lipinski definition) is 0. The second kappa shape index (κ2) is 4.00. The fourth-order valence-corrected chi connectivity index (χ4v) is 0.229. The van der Waals surface area contributed by atoms with Gasteiger partial charge in [0.15, 0.2) is 0 Å². The molecule has 0 bridgehead atoms. The molecule has 0 fully saturated rings. The molecule has 0 amide bonds. The maximum atomic E-state index is 10.2. The van der Waals surface area contributed by atoms with E-state index in [4.69, 9.17) is 5.26 Å². The normalized spacial score (nSPS) is 7.38. The van der Waals surface area contributed by atoms with Crippen LogP contribution >= 0.6 is 0 Å². The van der Waals surface area contributed by atoms with Crippen molar-refractivity contribution >= 4 is 5.97 Å². The van der Waals surface area contributed by atoms with Gasteiger partial charge in [-0.25, -0.2) is 0 Å². The largest absolute Gasteiger partial charge is 0.423 e. The van der Waals surface area contributed by atoms with Crippen molar-refractivity contribution < 1.29 is 9.53 Å². The fraction of sp³-hybridized carbons (Fsp3) is 0.400. The minimum absolute atomic E-state index is 0.0977. The van der Waals surface area contributed by atoms with E-state index >= 15 is 0 Å². The Kier molecular flexibility index (Phi) is 3.42. The summed E-state index contributed by atoms with van der Waals surface area (Å²) in [6.45, 7) is 3.35. The van der Waals surface area contributed by atoms with Gasteiger partial charge in [0.25, 0.3) is 0 Å². The Morgan fingerprint density at radius 2 is 2.50 bits per heavy atom. The number of esters is 1. The Hall–Kier alpha value is -1.17. The molecule has 0 rings (SSSR count). The summed E-state index contributed by atoms with van der Waals surface area (Å²) in [4.78, 5) is 10.2. The van der Waals surface area contributed by atoms with Crippen molar-refractivity contribution in [2.75, 3.05) is 6.61 Å². The Morgan fingerprint density at radius 1 is 1.88 bits per heavy atom. The molecule has 0 aliphatic rings. The van der Waals surface area contributed by atoms with E-state index in [0.29, 0.717) is 0 Å². The van der Waals surface area contributed by atoms with E-state index in [1.165, 1.54) is 0 Å². The van der Waals surface area contributed by atoms with Gasteiger partial charge in [0.1, 0.15) is 13.3 Å². The van der Waals surface area contributed by atoms with Crippen molar-refractivity contribution in [2.45, 2.75) is 6.42 Å². The van der Waals surface area contributed by atoms with Crippen LogP contribution in [0.5, 0.6) is 0 Å². The lowest BCUT2D eigenvalue weighted by molar-refractivity contribution is -0.141. The molecule has 0 aliphatic carbocycles. The van der Waals surface area contributed by atoms with E-state index in [0.717, 1.165) is 0 Å². The van der Waals surface area contributed by atoms with Gasteiger partial charge in [-0.05, 0) is 0 Å². The maximum Gasteiger partial charge on any atom is 0.323 e. The molecule has 0 saturated heterocycles. The van der Waals surface area contributed by atoms with Gasteiger partial charge in [-0.2, -0.15) is 5.26 Å². The molecule has 0 N–H and O–H groups in total. The molecular weight excluding hydrogens is 106 g/mol. The van der Waals surface area contributed by atoms with Gasteiger partial charge in [-0.3, -0.25) is 4.79 Å². The van der Waals surface area contributed by atoms with Crippen LogP contribution in [0.4, 0.5) is 0 Å². The number of nitriles is 1. The average Bonchev–Trinajstić information content (AvgIpc) is 1.68. The fourth-order valence-electron chi connectivity index (χ4n) is 0.229. The summed E-state index contributed by atoms with van der Waals surface area (Å²) in [6, 6.07) is 1.65. The van der Waals surface area contributed by atoms with Crippen LogP contribution in [-0.2, 0) is 9.53 Å². The van der Waals surface area contributed by atoms with E-state index in [2.05, 4.69) is 11.7 Å². The number of carbonyl (C=O) groups excluding carboxylic acids is 1. The molecule has 3 heteroatoms. The number of carbonyl (C=O) groups is 1. The minimum Gasteiger partial charge on any atom is -0.423 e. The zero-order valence-electron chi connectivity index (χ0n) is 4.39. The molecule has 0 atom stereocenters. The second-order valence-electron chi connectivity index (χ2n) is 1.06. The van der Waals surface area contributed by atoms with Gasteiger partial charge >= 0.3 is 5.97 Å². The first kappa shape index (κ1) is 6.83. The highest BCUT2D eigenvalue weighted by molar-refractivity contribution is 5.71. The first-order chi connectivity index (χ1) is 3.81. The van der Waals surface area contributed by atoms with E-state index in [-0.39, 0.29) is 13.0 Å². The van der Waals surface area contributed by atoms with E-state index in [9.17, 15) is 4.79 Å². The molecule has 0 unspecified atom stereocenters. The lowest BCUT2D eigenvalue weighted by atomic mass is 10.5. The second-order valence-corrected chi connectivity index (χ2v) is 1.06. The number of ether oxygens (including phenoxy) is 1. The number of nitrogens with zero attached hydrogens (tertiary/aromatic N) is 1. The molecule has 0 saturated carbocycles. The van der Waals surface area contributed by atoms with Crippen LogP contribution in [0, 0.1) is 18.3 Å². The topological polar surface area (TPSA) is 50.1 Å². The predicted octanol–water partition coefficient (Wildman–Crippen LogP) is 0.277. The number of rotatable bonds is 2. The molecule has 0 aromatic rings. The summed E-state index contributed by atoms with van der Waals surface area (Å²) >= 11 is 0. The molecule has 0 aromatic heterocycles. The van der Waals surface area contributed by atoms with Crippen LogP contribution in [0.25, 0.3) is 0 Å². The lowest BCUT2D eigenvalue weighted by Crippen LogP contribution is -2.01. The molecule has 0 aromatic carbocycles. The van der Waals surface area contributed by atoms with Gasteiger partial charge in [-0.1, -0.05) is 0 Å². The predicted molar refractivity (Wildman–Crippen MR) is 26.5 cm³/mol. The van der Waals surface area contributed by atoms with Crippen molar-refractivity contribution in [2.24, 2.45) is 0 Å². The summed E-state index contributed by atoms with van der Waals surface area (Å²) in [5, 5.41) is 7.89. The third kappa shape index (κ3) is 3.04. The van der Waals surface area contributed by atoms with Crippen molar-refractivity contribution in [1.82, 2.24) is 0 Å². The third-order valence-electron chi connectivity index (χ3n) is 0.486. The van der Waals surface area contributed by atoms with Gasteiger partial charge in [0.2, 0.25) is 6.61 Å². The number of hydrogen-bond acceptors (Lipinski definition) is 3. The van der Waals surface area contributed by atoms with Crippen LogP contribution in [0.2, 0.25) is 0 Å². The SMILES string of the molecule is [CH2+]COC(=O)CC#N. The van der Waals surface area contributed by atoms with E-state index < -0.39 is 5.97 Å². The van der Waals surface area contributed by atoms with Gasteiger partial charge in [0.05, 0.1) is 6.07 Å². The standard InChI is InChI=1S/C5H6NO2/c1-2-8-5(7)3-4-6/h1-3H2/q+1. The van der Waals surface area contributed by atoms with Crippen LogP contribution < -0.4 is 0 Å². The summed E-state index contributed by atoms with van der Waals surface area (Å²) < 4.78 is 4.31. The molecule has 0 aliphatic heterocycles. The molecule has 0 radical (unpaired) electrons. The highest BCUT2D eigenvalue weighted by atomic mass is 16.5. The molecule has 3 nitrogen and oxygen atoms in total. The highest BCUT2D eigenvalue weighted by Gasteiger charge is 1.98. The Bertz CT molecular complexity index is 114. The van der Waals surface area contributed by atoms with E-state index in [1.807, 2.05) is 0 Å². The maximum absolute atomic E-state index is 10.2. The summed E-state index contributed by atoms with van der Waals surface area (Å²) in [5.41, 5.74) is 0. The molecule has 0 spiro atoms. The Labute approximate surface area is 47.9 Å². The van der Waals surface area contributed by atoms with Crippen molar-refractivity contribution in [1.29, 1.82) is 5.26 Å². The van der Waals surface area contributed by atoms with Crippen molar-refractivity contribution in [3.8, 4) is 6.07 Å². The third-order valence-corrected chi connectivity index (χ3v) is 0.486. The summed E-state index contributed by atoms with van der Waals surface area (Å²) in [7, 11) is 0. The zero-order chi connectivity index (χ0) is 6.41. The lowest BCUT2D eigenvalue weighted by Gasteiger charge is -1.88. The average molecular weight is 112 g/mol. The Balaban J connectivity index is 3.23. The van der Waals surface area contributed by atoms with Gasteiger partial charge in [-0.15, -0.1) is 0 Å². The van der Waals surface area contributed by atoms with Crippen molar-refractivity contribution in [3.63, 3.8) is 0 Å².